The quantitative estimate of drug-likeness (QED) is 0.394. The zero-order valence-electron chi connectivity index (χ0n) is 17.5. The normalized spacial score (nSPS) is 15.1. The molecule has 1 amide bonds. The molecule has 0 spiro atoms. The summed E-state index contributed by atoms with van der Waals surface area (Å²) in [6.07, 6.45) is 0.651. The topological polar surface area (TPSA) is 97.1 Å². The number of aromatic nitrogens is 3. The third kappa shape index (κ3) is 6.36. The highest BCUT2D eigenvalue weighted by atomic mass is 16.6. The summed E-state index contributed by atoms with van der Waals surface area (Å²) in [5, 5.41) is 11.7. The maximum absolute atomic E-state index is 11.9. The number of hydrogen-bond acceptors (Lipinski definition) is 6. The first kappa shape index (κ1) is 21.9. The Hall–Kier alpha value is -2.36. The number of piperazine rings is 1. The number of aliphatic imine (C=N–C) groups is 1. The minimum absolute atomic E-state index is 0.250. The number of ether oxygens (including phenoxy) is 2. The number of nitrogens with zero attached hydrogens (tertiary/aromatic N) is 6. The minimum Gasteiger partial charge on any atom is -0.450 e. The summed E-state index contributed by atoms with van der Waals surface area (Å²) < 4.78 is 12.4. The molecule has 1 N–H and O–H groups in total. The fraction of sp³-hybridized carbons (Fsp3) is 0.778. The van der Waals surface area contributed by atoms with Crippen molar-refractivity contribution in [2.75, 3.05) is 52.5 Å². The third-order valence-corrected chi connectivity index (χ3v) is 4.61. The molecule has 0 radical (unpaired) electrons. The van der Waals surface area contributed by atoms with Gasteiger partial charge in [0.05, 0.1) is 6.61 Å². The molecule has 0 saturated carbocycles. The second-order valence-corrected chi connectivity index (χ2v) is 6.51. The predicted molar refractivity (Wildman–Crippen MR) is 106 cm³/mol. The second-order valence-electron chi connectivity index (χ2n) is 6.51. The van der Waals surface area contributed by atoms with E-state index in [0.717, 1.165) is 43.8 Å². The molecule has 1 saturated heterocycles. The van der Waals surface area contributed by atoms with Crippen LogP contribution in [0.3, 0.4) is 0 Å². The average Bonchev–Trinajstić information content (AvgIpc) is 3.02. The minimum atomic E-state index is -0.250. The fourth-order valence-corrected chi connectivity index (χ4v) is 2.84. The fourth-order valence-electron chi connectivity index (χ4n) is 2.84. The second kappa shape index (κ2) is 11.5. The average molecular weight is 396 g/mol. The molecule has 10 nitrogen and oxygen atoms in total. The Balaban J connectivity index is 1.96. The van der Waals surface area contributed by atoms with Gasteiger partial charge in [-0.25, -0.2) is 9.79 Å². The van der Waals surface area contributed by atoms with Gasteiger partial charge in [-0.2, -0.15) is 0 Å². The molecule has 10 heteroatoms. The third-order valence-electron chi connectivity index (χ3n) is 4.61. The summed E-state index contributed by atoms with van der Waals surface area (Å²) in [6, 6.07) is 0. The van der Waals surface area contributed by atoms with E-state index >= 15 is 0 Å². The van der Waals surface area contributed by atoms with Crippen molar-refractivity contribution in [1.82, 2.24) is 29.9 Å². The van der Waals surface area contributed by atoms with Crippen LogP contribution in [0.5, 0.6) is 0 Å². The van der Waals surface area contributed by atoms with Gasteiger partial charge in [-0.05, 0) is 27.2 Å². The lowest BCUT2D eigenvalue weighted by atomic mass is 10.3. The SMILES string of the molecule is CCOCCCNC(=NCc1nnc(C)n1C)N1CCN(C(=O)OCC)CC1. The molecule has 28 heavy (non-hydrogen) atoms. The van der Waals surface area contributed by atoms with Crippen molar-refractivity contribution in [3.05, 3.63) is 11.6 Å². The molecule has 2 rings (SSSR count). The first-order valence-electron chi connectivity index (χ1n) is 9.94. The van der Waals surface area contributed by atoms with Crippen molar-refractivity contribution in [3.63, 3.8) is 0 Å². The zero-order chi connectivity index (χ0) is 20.4. The van der Waals surface area contributed by atoms with E-state index in [4.69, 9.17) is 14.5 Å². The molecular formula is C18H33N7O3. The van der Waals surface area contributed by atoms with Crippen molar-refractivity contribution >= 4 is 12.1 Å². The van der Waals surface area contributed by atoms with Crippen LogP contribution in [0.15, 0.2) is 4.99 Å². The maximum Gasteiger partial charge on any atom is 0.409 e. The molecule has 1 fully saturated rings. The predicted octanol–water partition coefficient (Wildman–Crippen LogP) is 0.770. The molecule has 0 bridgehead atoms. The lowest BCUT2D eigenvalue weighted by molar-refractivity contribution is 0.0913. The number of hydrogen-bond donors (Lipinski definition) is 1. The zero-order valence-corrected chi connectivity index (χ0v) is 17.5. The molecule has 1 aliphatic heterocycles. The van der Waals surface area contributed by atoms with Crippen molar-refractivity contribution < 1.29 is 14.3 Å². The van der Waals surface area contributed by atoms with Gasteiger partial charge in [-0.3, -0.25) is 0 Å². The lowest BCUT2D eigenvalue weighted by Crippen LogP contribution is -2.54. The molecule has 1 aliphatic rings. The van der Waals surface area contributed by atoms with Crippen LogP contribution in [0.4, 0.5) is 4.79 Å². The molecule has 0 atom stereocenters. The van der Waals surface area contributed by atoms with Crippen LogP contribution in [0, 0.1) is 6.92 Å². The molecule has 158 valence electrons. The highest BCUT2D eigenvalue weighted by Crippen LogP contribution is 2.06. The van der Waals surface area contributed by atoms with Crippen molar-refractivity contribution in [1.29, 1.82) is 0 Å². The largest absolute Gasteiger partial charge is 0.450 e. The Morgan fingerprint density at radius 1 is 1.14 bits per heavy atom. The van der Waals surface area contributed by atoms with Gasteiger partial charge in [0.1, 0.15) is 12.4 Å². The lowest BCUT2D eigenvalue weighted by Gasteiger charge is -2.36. The van der Waals surface area contributed by atoms with E-state index in [-0.39, 0.29) is 6.09 Å². The highest BCUT2D eigenvalue weighted by molar-refractivity contribution is 5.80. The highest BCUT2D eigenvalue weighted by Gasteiger charge is 2.24. The van der Waals surface area contributed by atoms with Crippen LogP contribution in [0.2, 0.25) is 0 Å². The number of aryl methyl sites for hydroxylation is 1. The number of carbonyl (C=O) groups excluding carboxylic acids is 1. The molecular weight excluding hydrogens is 362 g/mol. The molecule has 1 aromatic heterocycles. The van der Waals surface area contributed by atoms with E-state index < -0.39 is 0 Å². The van der Waals surface area contributed by atoms with Gasteiger partial charge in [0, 0.05) is 53.0 Å². The first-order chi connectivity index (χ1) is 13.6. The van der Waals surface area contributed by atoms with E-state index in [1.54, 1.807) is 4.90 Å². The summed E-state index contributed by atoms with van der Waals surface area (Å²) in [4.78, 5) is 20.6. The van der Waals surface area contributed by atoms with Gasteiger partial charge in [-0.15, -0.1) is 10.2 Å². The smallest absolute Gasteiger partial charge is 0.409 e. The van der Waals surface area contributed by atoms with E-state index in [1.807, 2.05) is 32.4 Å². The van der Waals surface area contributed by atoms with E-state index in [2.05, 4.69) is 20.4 Å². The van der Waals surface area contributed by atoms with Crippen molar-refractivity contribution in [2.45, 2.75) is 33.7 Å². The number of carbonyl (C=O) groups is 1. The summed E-state index contributed by atoms with van der Waals surface area (Å²) >= 11 is 0. The Bertz CT molecular complexity index is 639. The molecule has 0 aliphatic carbocycles. The molecule has 1 aromatic rings. The van der Waals surface area contributed by atoms with Crippen LogP contribution in [0.25, 0.3) is 0 Å². The van der Waals surface area contributed by atoms with Gasteiger partial charge in [0.25, 0.3) is 0 Å². The van der Waals surface area contributed by atoms with Crippen LogP contribution < -0.4 is 5.32 Å². The van der Waals surface area contributed by atoms with E-state index in [0.29, 0.717) is 39.3 Å². The maximum atomic E-state index is 11.9. The van der Waals surface area contributed by atoms with Gasteiger partial charge in [0.2, 0.25) is 0 Å². The van der Waals surface area contributed by atoms with Crippen molar-refractivity contribution in [3.8, 4) is 0 Å². The standard InChI is InChI=1S/C18H33N7O3/c1-5-27-13-7-8-19-17(20-14-16-22-21-15(3)23(16)4)24-9-11-25(12-10-24)18(26)28-6-2/h5-14H2,1-4H3,(H,19,20). The summed E-state index contributed by atoms with van der Waals surface area (Å²) in [6.45, 7) is 11.4. The molecule has 2 heterocycles. The Morgan fingerprint density at radius 2 is 1.86 bits per heavy atom. The van der Waals surface area contributed by atoms with Gasteiger partial charge < -0.3 is 29.2 Å². The Morgan fingerprint density at radius 3 is 2.46 bits per heavy atom. The van der Waals surface area contributed by atoms with Crippen LogP contribution >= 0.6 is 0 Å². The van der Waals surface area contributed by atoms with E-state index in [1.165, 1.54) is 0 Å². The van der Waals surface area contributed by atoms with Crippen LogP contribution in [0.1, 0.15) is 31.9 Å². The van der Waals surface area contributed by atoms with Crippen LogP contribution in [-0.2, 0) is 23.1 Å². The number of rotatable bonds is 8. The van der Waals surface area contributed by atoms with Gasteiger partial charge in [-0.1, -0.05) is 0 Å². The van der Waals surface area contributed by atoms with Crippen molar-refractivity contribution in [2.24, 2.45) is 12.0 Å². The Kier molecular flexibility index (Phi) is 8.99. The summed E-state index contributed by atoms with van der Waals surface area (Å²) in [7, 11) is 1.94. The summed E-state index contributed by atoms with van der Waals surface area (Å²) in [5.74, 6) is 2.50. The molecule has 0 unspecified atom stereocenters. The van der Waals surface area contributed by atoms with Gasteiger partial charge in [0.15, 0.2) is 11.8 Å². The van der Waals surface area contributed by atoms with E-state index in [9.17, 15) is 4.79 Å². The number of guanidine groups is 1. The van der Waals surface area contributed by atoms with Gasteiger partial charge >= 0.3 is 6.09 Å². The van der Waals surface area contributed by atoms with Crippen LogP contribution in [-0.4, -0.2) is 89.2 Å². The molecule has 0 aromatic carbocycles. The Labute approximate surface area is 166 Å². The number of amides is 1. The monoisotopic (exact) mass is 395 g/mol. The first-order valence-corrected chi connectivity index (χ1v) is 9.94. The number of nitrogens with one attached hydrogen (secondary N) is 1. The summed E-state index contributed by atoms with van der Waals surface area (Å²) in [5.41, 5.74) is 0.